The molecule has 0 aliphatic carbocycles. The first-order valence-electron chi connectivity index (χ1n) is 5.61. The number of halogens is 2. The monoisotopic (exact) mass is 340 g/mol. The van der Waals surface area contributed by atoms with Gasteiger partial charge in [0, 0.05) is 17.8 Å². The van der Waals surface area contributed by atoms with Crippen LogP contribution >= 0.6 is 15.9 Å². The van der Waals surface area contributed by atoms with E-state index < -0.39 is 22.9 Å². The van der Waals surface area contributed by atoms with Crippen molar-refractivity contribution in [1.29, 1.82) is 0 Å². The Morgan fingerprint density at radius 1 is 1.35 bits per heavy atom. The summed E-state index contributed by atoms with van der Waals surface area (Å²) < 4.78 is 15.2. The summed E-state index contributed by atoms with van der Waals surface area (Å²) in [6.07, 6.45) is 0. The van der Waals surface area contributed by atoms with Crippen LogP contribution in [0.2, 0.25) is 0 Å². The van der Waals surface area contributed by atoms with Gasteiger partial charge in [0.05, 0.1) is 10.2 Å². The molecule has 2 rings (SSSR count). The van der Waals surface area contributed by atoms with Crippen LogP contribution in [0.15, 0.2) is 27.5 Å². The van der Waals surface area contributed by atoms with E-state index in [9.17, 15) is 14.0 Å². The first kappa shape index (κ1) is 14.4. The Labute approximate surface area is 121 Å². The standard InChI is InChI=1S/C13H10BrFN2O3/c1-6-3-8(14)9(15)5-10(6)17-7(2)4-11(18)12(16-17)13(19)20/h3-5H,1-2H3,(H,19,20). The maximum Gasteiger partial charge on any atom is 0.360 e. The number of aromatic carboxylic acids is 1. The van der Waals surface area contributed by atoms with E-state index in [-0.39, 0.29) is 0 Å². The molecule has 1 N–H and O–H groups in total. The number of nitrogens with zero attached hydrogens (tertiary/aromatic N) is 2. The molecule has 1 aromatic carbocycles. The summed E-state index contributed by atoms with van der Waals surface area (Å²) in [7, 11) is 0. The van der Waals surface area contributed by atoms with Crippen molar-refractivity contribution in [2.45, 2.75) is 13.8 Å². The average Bonchev–Trinajstić information content (AvgIpc) is 2.34. The maximum absolute atomic E-state index is 13.6. The van der Waals surface area contributed by atoms with Crippen molar-refractivity contribution in [2.24, 2.45) is 0 Å². The molecule has 0 radical (unpaired) electrons. The van der Waals surface area contributed by atoms with Gasteiger partial charge in [-0.1, -0.05) is 0 Å². The molecule has 20 heavy (non-hydrogen) atoms. The largest absolute Gasteiger partial charge is 0.476 e. The fraction of sp³-hybridized carbons (Fsp3) is 0.154. The van der Waals surface area contributed by atoms with Gasteiger partial charge in [-0.3, -0.25) is 4.79 Å². The van der Waals surface area contributed by atoms with Gasteiger partial charge in [0.15, 0.2) is 0 Å². The Hall–Kier alpha value is -2.02. The topological polar surface area (TPSA) is 72.2 Å². The molecule has 0 bridgehead atoms. The number of aryl methyl sites for hydroxylation is 2. The van der Waals surface area contributed by atoms with Crippen LogP contribution in [0, 0.1) is 19.7 Å². The Balaban J connectivity index is 2.76. The molecule has 0 spiro atoms. The SMILES string of the molecule is Cc1cc(Br)c(F)cc1-n1nc(C(=O)O)c(=O)cc1C. The zero-order valence-corrected chi connectivity index (χ0v) is 12.2. The highest BCUT2D eigenvalue weighted by Crippen LogP contribution is 2.23. The minimum absolute atomic E-state index is 0.302. The van der Waals surface area contributed by atoms with Gasteiger partial charge >= 0.3 is 5.97 Å². The predicted octanol–water partition coefficient (Wildman–Crippen LogP) is 2.45. The molecule has 0 saturated heterocycles. The maximum atomic E-state index is 13.6. The molecule has 0 aliphatic heterocycles. The Kier molecular flexibility index (Phi) is 3.71. The van der Waals surface area contributed by atoms with Crippen LogP contribution in [0.1, 0.15) is 21.7 Å². The number of hydrogen-bond acceptors (Lipinski definition) is 3. The molecule has 2 aromatic rings. The zero-order valence-electron chi connectivity index (χ0n) is 10.6. The quantitative estimate of drug-likeness (QED) is 0.911. The number of aromatic nitrogens is 2. The van der Waals surface area contributed by atoms with E-state index in [1.54, 1.807) is 19.9 Å². The summed E-state index contributed by atoms with van der Waals surface area (Å²) in [4.78, 5) is 22.5. The molecular weight excluding hydrogens is 331 g/mol. The summed E-state index contributed by atoms with van der Waals surface area (Å²) in [5.74, 6) is -1.92. The normalized spacial score (nSPS) is 10.6. The average molecular weight is 341 g/mol. The van der Waals surface area contributed by atoms with Crippen LogP contribution < -0.4 is 5.43 Å². The van der Waals surface area contributed by atoms with E-state index >= 15 is 0 Å². The fourth-order valence-electron chi connectivity index (χ4n) is 1.80. The zero-order chi connectivity index (χ0) is 15.0. The summed E-state index contributed by atoms with van der Waals surface area (Å²) in [5.41, 5.74) is 0.212. The smallest absolute Gasteiger partial charge is 0.360 e. The highest BCUT2D eigenvalue weighted by Gasteiger charge is 2.15. The molecule has 0 saturated carbocycles. The minimum atomic E-state index is -1.42. The van der Waals surface area contributed by atoms with Gasteiger partial charge in [-0.2, -0.15) is 5.10 Å². The van der Waals surface area contributed by atoms with E-state index in [1.807, 2.05) is 0 Å². The van der Waals surface area contributed by atoms with E-state index in [1.165, 1.54) is 10.7 Å². The number of carboxylic acid groups (broad SMARTS) is 1. The molecule has 5 nitrogen and oxygen atoms in total. The molecule has 0 atom stereocenters. The lowest BCUT2D eigenvalue weighted by atomic mass is 10.2. The van der Waals surface area contributed by atoms with Crippen molar-refractivity contribution < 1.29 is 14.3 Å². The molecule has 1 heterocycles. The second kappa shape index (κ2) is 5.16. The third-order valence-electron chi connectivity index (χ3n) is 2.78. The Morgan fingerprint density at radius 3 is 2.60 bits per heavy atom. The summed E-state index contributed by atoms with van der Waals surface area (Å²) in [5, 5.41) is 12.7. The van der Waals surface area contributed by atoms with Gasteiger partial charge in [-0.15, -0.1) is 0 Å². The van der Waals surface area contributed by atoms with E-state index in [0.717, 1.165) is 6.07 Å². The Bertz CT molecular complexity index is 771. The van der Waals surface area contributed by atoms with Crippen LogP contribution in [-0.2, 0) is 0 Å². The van der Waals surface area contributed by atoms with Crippen molar-refractivity contribution in [2.75, 3.05) is 0 Å². The van der Waals surface area contributed by atoms with Gasteiger partial charge in [-0.25, -0.2) is 13.9 Å². The molecule has 0 fully saturated rings. The van der Waals surface area contributed by atoms with Gasteiger partial charge in [0.25, 0.3) is 0 Å². The lowest BCUT2D eigenvalue weighted by molar-refractivity contribution is 0.0686. The number of hydrogen-bond donors (Lipinski definition) is 1. The highest BCUT2D eigenvalue weighted by molar-refractivity contribution is 9.10. The van der Waals surface area contributed by atoms with Crippen molar-refractivity contribution in [3.05, 3.63) is 55.7 Å². The van der Waals surface area contributed by atoms with E-state index in [2.05, 4.69) is 21.0 Å². The Morgan fingerprint density at radius 2 is 2.00 bits per heavy atom. The molecular formula is C13H10BrFN2O3. The number of carboxylic acids is 1. The van der Waals surface area contributed by atoms with Crippen molar-refractivity contribution in [3.8, 4) is 5.69 Å². The molecule has 7 heteroatoms. The lowest BCUT2D eigenvalue weighted by Gasteiger charge is -2.13. The molecule has 104 valence electrons. The second-order valence-electron chi connectivity index (χ2n) is 4.27. The van der Waals surface area contributed by atoms with Crippen molar-refractivity contribution in [3.63, 3.8) is 0 Å². The number of carbonyl (C=O) groups is 1. The summed E-state index contributed by atoms with van der Waals surface area (Å²) in [6, 6.07) is 3.95. The third-order valence-corrected chi connectivity index (χ3v) is 3.38. The predicted molar refractivity (Wildman–Crippen MR) is 73.9 cm³/mol. The third kappa shape index (κ3) is 2.49. The second-order valence-corrected chi connectivity index (χ2v) is 5.12. The van der Waals surface area contributed by atoms with Crippen LogP contribution in [-0.4, -0.2) is 20.9 Å². The molecule has 0 amide bonds. The van der Waals surface area contributed by atoms with E-state index in [4.69, 9.17) is 5.11 Å². The van der Waals surface area contributed by atoms with E-state index in [0.29, 0.717) is 21.4 Å². The molecule has 0 aliphatic rings. The minimum Gasteiger partial charge on any atom is -0.476 e. The summed E-state index contributed by atoms with van der Waals surface area (Å²) in [6.45, 7) is 3.33. The first-order valence-corrected chi connectivity index (χ1v) is 6.41. The van der Waals surface area contributed by atoms with Crippen molar-refractivity contribution >= 4 is 21.9 Å². The van der Waals surface area contributed by atoms with Gasteiger partial charge in [0.2, 0.25) is 11.1 Å². The van der Waals surface area contributed by atoms with Gasteiger partial charge in [0.1, 0.15) is 5.82 Å². The van der Waals surface area contributed by atoms with Crippen LogP contribution in [0.3, 0.4) is 0 Å². The van der Waals surface area contributed by atoms with Crippen LogP contribution in [0.5, 0.6) is 0 Å². The van der Waals surface area contributed by atoms with Crippen molar-refractivity contribution in [1.82, 2.24) is 9.78 Å². The highest BCUT2D eigenvalue weighted by atomic mass is 79.9. The number of benzene rings is 1. The van der Waals surface area contributed by atoms with Gasteiger partial charge < -0.3 is 5.11 Å². The lowest BCUT2D eigenvalue weighted by Crippen LogP contribution is -2.22. The first-order chi connectivity index (χ1) is 9.31. The molecule has 1 aromatic heterocycles. The number of rotatable bonds is 2. The van der Waals surface area contributed by atoms with Gasteiger partial charge in [-0.05, 0) is 41.4 Å². The van der Waals surface area contributed by atoms with Crippen LogP contribution in [0.4, 0.5) is 4.39 Å². The van der Waals surface area contributed by atoms with Crippen LogP contribution in [0.25, 0.3) is 5.69 Å². The fourth-order valence-corrected chi connectivity index (χ4v) is 2.26. The molecule has 0 unspecified atom stereocenters. The summed E-state index contributed by atoms with van der Waals surface area (Å²) >= 11 is 3.07.